The summed E-state index contributed by atoms with van der Waals surface area (Å²) in [5.41, 5.74) is 0.339. The lowest BCUT2D eigenvalue weighted by Crippen LogP contribution is -2.17. The first-order chi connectivity index (χ1) is 11.9. The predicted octanol–water partition coefficient (Wildman–Crippen LogP) is 3.40. The molecule has 2 aromatic rings. The van der Waals surface area contributed by atoms with Gasteiger partial charge in [0.2, 0.25) is 10.0 Å². The van der Waals surface area contributed by atoms with Crippen molar-refractivity contribution >= 4 is 60.5 Å². The molecule has 26 heavy (non-hydrogen) atoms. The topological polar surface area (TPSA) is 102 Å². The number of pyridine rings is 1. The van der Waals surface area contributed by atoms with Crippen LogP contribution in [0.25, 0.3) is 0 Å². The summed E-state index contributed by atoms with van der Waals surface area (Å²) < 4.78 is 55.6. The van der Waals surface area contributed by atoms with Crippen molar-refractivity contribution in [3.8, 4) is 5.75 Å². The number of nitrogens with one attached hydrogen (secondary N) is 1. The smallest absolute Gasteiger partial charge is 0.238 e. The Morgan fingerprint density at radius 3 is 2.12 bits per heavy atom. The third-order valence-electron chi connectivity index (χ3n) is 3.01. The number of sulfonamides is 1. The molecule has 0 saturated carbocycles. The van der Waals surface area contributed by atoms with Crippen LogP contribution in [0.2, 0.25) is 15.1 Å². The number of sulfone groups is 1. The fraction of sp³-hybridized carbons (Fsp3) is 0.214. The van der Waals surface area contributed by atoms with Gasteiger partial charge in [-0.1, -0.05) is 34.8 Å². The van der Waals surface area contributed by atoms with E-state index in [1.54, 1.807) is 0 Å². The van der Waals surface area contributed by atoms with Crippen molar-refractivity contribution < 1.29 is 21.6 Å². The quantitative estimate of drug-likeness (QED) is 0.710. The molecule has 1 aromatic heterocycles. The largest absolute Gasteiger partial charge is 0.493 e. The number of rotatable bonds is 6. The maximum atomic E-state index is 12.4. The van der Waals surface area contributed by atoms with Gasteiger partial charge < -0.3 is 4.74 Å². The molecule has 0 spiro atoms. The van der Waals surface area contributed by atoms with Crippen LogP contribution in [0.5, 0.6) is 5.75 Å². The van der Waals surface area contributed by atoms with E-state index in [1.165, 1.54) is 31.4 Å². The van der Waals surface area contributed by atoms with E-state index in [1.807, 2.05) is 0 Å². The summed E-state index contributed by atoms with van der Waals surface area (Å²) in [6.07, 6.45) is 0.903. The molecule has 1 N–H and O–H groups in total. The van der Waals surface area contributed by atoms with Crippen LogP contribution < -0.4 is 9.46 Å². The van der Waals surface area contributed by atoms with E-state index < -0.39 is 30.6 Å². The van der Waals surface area contributed by atoms with Gasteiger partial charge in [0.25, 0.3) is 0 Å². The average molecular weight is 460 g/mol. The highest BCUT2D eigenvalue weighted by molar-refractivity contribution is 7.92. The zero-order chi connectivity index (χ0) is 19.7. The van der Waals surface area contributed by atoms with Crippen molar-refractivity contribution in [3.05, 3.63) is 44.9 Å². The van der Waals surface area contributed by atoms with Crippen LogP contribution in [-0.2, 0) is 25.6 Å². The van der Waals surface area contributed by atoms with E-state index >= 15 is 0 Å². The molecule has 2 rings (SSSR count). The lowest BCUT2D eigenvalue weighted by atomic mass is 10.2. The normalized spacial score (nSPS) is 12.0. The van der Waals surface area contributed by atoms with Crippen LogP contribution in [0.4, 0.5) is 5.82 Å². The summed E-state index contributed by atoms with van der Waals surface area (Å²) in [5.74, 6) is -0.796. The third kappa shape index (κ3) is 5.37. The van der Waals surface area contributed by atoms with Gasteiger partial charge in [0.05, 0.1) is 17.9 Å². The first kappa shape index (κ1) is 21.0. The number of halogens is 3. The number of aromatic nitrogens is 1. The first-order valence-corrected chi connectivity index (χ1v) is 11.5. The molecule has 0 bridgehead atoms. The Hall–Kier alpha value is -1.26. The molecule has 142 valence electrons. The monoisotopic (exact) mass is 458 g/mol. The maximum Gasteiger partial charge on any atom is 0.238 e. The SMILES string of the molecule is COc1cc(Cl)c(S(C)(=O)=O)nc1NS(=O)(=O)Cc1cc(Cl)cc(Cl)c1. The summed E-state index contributed by atoms with van der Waals surface area (Å²) in [6.45, 7) is 0. The van der Waals surface area contributed by atoms with Gasteiger partial charge in [0, 0.05) is 22.4 Å². The summed E-state index contributed by atoms with van der Waals surface area (Å²) in [4.78, 5) is 3.79. The summed E-state index contributed by atoms with van der Waals surface area (Å²) in [6, 6.07) is 5.52. The Balaban J connectivity index is 2.42. The van der Waals surface area contributed by atoms with Crippen molar-refractivity contribution in [2.45, 2.75) is 10.8 Å². The molecule has 7 nitrogen and oxygen atoms in total. The van der Waals surface area contributed by atoms with Crippen molar-refractivity contribution in [1.29, 1.82) is 0 Å². The third-order valence-corrected chi connectivity index (χ3v) is 6.08. The Labute approximate surface area is 166 Å². The zero-order valence-corrected chi connectivity index (χ0v) is 17.4. The van der Waals surface area contributed by atoms with E-state index in [9.17, 15) is 16.8 Å². The van der Waals surface area contributed by atoms with E-state index in [0.717, 1.165) is 6.26 Å². The second kappa shape index (κ2) is 7.77. The van der Waals surface area contributed by atoms with Gasteiger partial charge in [-0.25, -0.2) is 21.8 Å². The van der Waals surface area contributed by atoms with E-state index in [-0.39, 0.29) is 26.6 Å². The molecule has 0 aliphatic carbocycles. The molecule has 0 saturated heterocycles. The van der Waals surface area contributed by atoms with Gasteiger partial charge in [0.1, 0.15) is 0 Å². The molecule has 0 aliphatic rings. The van der Waals surface area contributed by atoms with Crippen molar-refractivity contribution in [2.24, 2.45) is 0 Å². The van der Waals surface area contributed by atoms with Gasteiger partial charge in [-0.2, -0.15) is 0 Å². The maximum absolute atomic E-state index is 12.4. The fourth-order valence-electron chi connectivity index (χ4n) is 2.04. The van der Waals surface area contributed by atoms with Crippen molar-refractivity contribution in [3.63, 3.8) is 0 Å². The molecule has 0 amide bonds. The molecule has 1 heterocycles. The number of ether oxygens (including phenoxy) is 1. The van der Waals surface area contributed by atoms with E-state index in [4.69, 9.17) is 39.5 Å². The molecular weight excluding hydrogens is 447 g/mol. The Morgan fingerprint density at radius 2 is 1.62 bits per heavy atom. The van der Waals surface area contributed by atoms with Gasteiger partial charge in [0.15, 0.2) is 26.4 Å². The van der Waals surface area contributed by atoms with Gasteiger partial charge in [-0.15, -0.1) is 0 Å². The molecule has 0 unspecified atom stereocenters. The number of methoxy groups -OCH3 is 1. The minimum absolute atomic E-state index is 0.0323. The van der Waals surface area contributed by atoms with Crippen LogP contribution in [0, 0.1) is 0 Å². The molecule has 1 aromatic carbocycles. The highest BCUT2D eigenvalue weighted by atomic mass is 35.5. The fourth-order valence-corrected chi connectivity index (χ4v) is 4.96. The minimum atomic E-state index is -3.98. The summed E-state index contributed by atoms with van der Waals surface area (Å²) >= 11 is 17.6. The Kier molecular flexibility index (Phi) is 6.29. The van der Waals surface area contributed by atoms with Gasteiger partial charge >= 0.3 is 0 Å². The Bertz CT molecular complexity index is 1040. The average Bonchev–Trinajstić information content (AvgIpc) is 2.45. The van der Waals surface area contributed by atoms with E-state index in [2.05, 4.69) is 9.71 Å². The number of hydrogen-bond donors (Lipinski definition) is 1. The van der Waals surface area contributed by atoms with Crippen LogP contribution in [0.1, 0.15) is 5.56 Å². The standard InChI is InChI=1S/C14H13Cl3N2O5S2/c1-24-12-6-11(17)14(25(2,20)21)18-13(12)19-26(22,23)7-8-3-9(15)5-10(16)4-8/h3-6H,7H2,1-2H3,(H,18,19). The first-order valence-electron chi connectivity index (χ1n) is 6.81. The zero-order valence-electron chi connectivity index (χ0n) is 13.5. The van der Waals surface area contributed by atoms with Gasteiger partial charge in [-0.05, 0) is 23.8 Å². The molecule has 0 atom stereocenters. The minimum Gasteiger partial charge on any atom is -0.493 e. The summed E-state index contributed by atoms with van der Waals surface area (Å²) in [5, 5.41) is -0.0918. The van der Waals surface area contributed by atoms with E-state index in [0.29, 0.717) is 5.56 Å². The number of hydrogen-bond acceptors (Lipinski definition) is 6. The van der Waals surface area contributed by atoms with Crippen molar-refractivity contribution in [1.82, 2.24) is 4.98 Å². The second-order valence-electron chi connectivity index (χ2n) is 5.24. The lowest BCUT2D eigenvalue weighted by molar-refractivity contribution is 0.414. The molecule has 12 heteroatoms. The van der Waals surface area contributed by atoms with Crippen LogP contribution in [0.15, 0.2) is 29.3 Å². The highest BCUT2D eigenvalue weighted by Gasteiger charge is 2.22. The number of benzene rings is 1. The molecule has 0 fully saturated rings. The van der Waals surface area contributed by atoms with Crippen LogP contribution >= 0.6 is 34.8 Å². The van der Waals surface area contributed by atoms with Crippen LogP contribution in [0.3, 0.4) is 0 Å². The summed E-state index contributed by atoms with van der Waals surface area (Å²) in [7, 11) is -6.49. The lowest BCUT2D eigenvalue weighted by Gasteiger charge is -2.13. The number of anilines is 1. The number of nitrogens with zero attached hydrogens (tertiary/aromatic N) is 1. The van der Waals surface area contributed by atoms with Crippen LogP contribution in [-0.4, -0.2) is 35.2 Å². The second-order valence-corrected chi connectivity index (χ2v) is 10.2. The highest BCUT2D eigenvalue weighted by Crippen LogP contribution is 2.31. The molecule has 0 aliphatic heterocycles. The van der Waals surface area contributed by atoms with Gasteiger partial charge in [-0.3, -0.25) is 4.72 Å². The molecule has 0 radical (unpaired) electrons. The Morgan fingerprint density at radius 1 is 1.04 bits per heavy atom. The predicted molar refractivity (Wildman–Crippen MR) is 102 cm³/mol. The molecular formula is C14H13Cl3N2O5S2. The van der Waals surface area contributed by atoms with Crippen molar-refractivity contribution in [2.75, 3.05) is 18.1 Å².